The number of hydrogen-bond acceptors (Lipinski definition) is 4. The molecule has 1 aromatic carbocycles. The first-order chi connectivity index (χ1) is 11.9. The second-order valence-electron chi connectivity index (χ2n) is 7.16. The summed E-state index contributed by atoms with van der Waals surface area (Å²) in [5, 5.41) is 4.78. The summed E-state index contributed by atoms with van der Waals surface area (Å²) in [6.45, 7) is 7.61. The number of ether oxygens (including phenoxy) is 1. The second-order valence-corrected chi connectivity index (χ2v) is 7.16. The van der Waals surface area contributed by atoms with Crippen LogP contribution in [-0.2, 0) is 4.79 Å². The van der Waals surface area contributed by atoms with Gasteiger partial charge in [0.2, 0.25) is 5.91 Å². The summed E-state index contributed by atoms with van der Waals surface area (Å²) in [7, 11) is 0. The predicted octanol–water partition coefficient (Wildman–Crippen LogP) is 3.94. The van der Waals surface area contributed by atoms with Gasteiger partial charge in [-0.05, 0) is 31.4 Å². The zero-order chi connectivity index (χ0) is 18.3. The summed E-state index contributed by atoms with van der Waals surface area (Å²) in [6.07, 6.45) is 4.61. The topological polar surface area (TPSA) is 70.7 Å². The minimum Gasteiger partial charge on any atom is -0.409 e. The van der Waals surface area contributed by atoms with Crippen LogP contribution in [0, 0.1) is 5.41 Å². The zero-order valence-corrected chi connectivity index (χ0v) is 15.4. The Balaban J connectivity index is 1.91. The number of hydrazine groups is 1. The molecule has 2 N–H and O–H groups in total. The summed E-state index contributed by atoms with van der Waals surface area (Å²) in [5.74, 6) is 0.366. The number of carbonyl (C=O) groups is 2. The van der Waals surface area contributed by atoms with Crippen molar-refractivity contribution >= 4 is 17.7 Å². The minimum absolute atomic E-state index is 0.0377. The molecular formula is C19H29N3O3. The van der Waals surface area contributed by atoms with Gasteiger partial charge in [-0.15, -0.1) is 0 Å². The number of nitrogens with one attached hydrogen (secondary N) is 2. The maximum atomic E-state index is 12.4. The minimum atomic E-state index is -0.503. The summed E-state index contributed by atoms with van der Waals surface area (Å²) in [4.78, 5) is 24.4. The van der Waals surface area contributed by atoms with Gasteiger partial charge in [-0.1, -0.05) is 39.7 Å². The Bertz CT molecular complexity index is 595. The van der Waals surface area contributed by atoms with Crippen LogP contribution in [0.3, 0.4) is 0 Å². The van der Waals surface area contributed by atoms with Crippen molar-refractivity contribution < 1.29 is 14.3 Å². The van der Waals surface area contributed by atoms with Gasteiger partial charge in [0.15, 0.2) is 0 Å². The Hall–Kier alpha value is -2.08. The average Bonchev–Trinajstić information content (AvgIpc) is 2.56. The van der Waals surface area contributed by atoms with E-state index in [0.717, 1.165) is 38.8 Å². The molecule has 1 fully saturated rings. The Morgan fingerprint density at radius 3 is 2.60 bits per heavy atom. The van der Waals surface area contributed by atoms with E-state index in [2.05, 4.69) is 17.7 Å². The standard InChI is InChI=1S/C19H29N3O3/c1-4-11-19(2,3)17(23)20-15-9-8-10-16(14-15)25-18(24)21-22-12-6-5-7-13-22/h8-10,14H,4-7,11-13H2,1-3H3,(H,20,23)(H,21,24). The smallest absolute Gasteiger partial charge is 0.409 e. The summed E-state index contributed by atoms with van der Waals surface area (Å²) < 4.78 is 5.33. The molecule has 0 spiro atoms. The van der Waals surface area contributed by atoms with Gasteiger partial charge in [0, 0.05) is 30.3 Å². The van der Waals surface area contributed by atoms with Gasteiger partial charge >= 0.3 is 6.09 Å². The van der Waals surface area contributed by atoms with Gasteiger partial charge < -0.3 is 10.1 Å². The van der Waals surface area contributed by atoms with Gasteiger partial charge in [-0.3, -0.25) is 10.2 Å². The van der Waals surface area contributed by atoms with Crippen molar-refractivity contribution in [1.29, 1.82) is 0 Å². The Labute approximate surface area is 149 Å². The summed E-state index contributed by atoms with van der Waals surface area (Å²) in [5.41, 5.74) is 2.94. The van der Waals surface area contributed by atoms with Gasteiger partial charge in [0.05, 0.1) is 0 Å². The van der Waals surface area contributed by atoms with Gasteiger partial charge in [0.25, 0.3) is 0 Å². The molecule has 1 aliphatic heterocycles. The van der Waals surface area contributed by atoms with E-state index in [1.54, 1.807) is 24.3 Å². The van der Waals surface area contributed by atoms with E-state index in [1.165, 1.54) is 6.42 Å². The van der Waals surface area contributed by atoms with Gasteiger partial charge in [-0.25, -0.2) is 9.80 Å². The van der Waals surface area contributed by atoms with Gasteiger partial charge in [0.1, 0.15) is 5.75 Å². The number of piperidine rings is 1. The molecule has 25 heavy (non-hydrogen) atoms. The first-order valence-corrected chi connectivity index (χ1v) is 9.05. The fourth-order valence-electron chi connectivity index (χ4n) is 2.94. The molecule has 1 saturated heterocycles. The highest BCUT2D eigenvalue weighted by molar-refractivity contribution is 5.95. The first kappa shape index (κ1) is 19.2. The average molecular weight is 347 g/mol. The van der Waals surface area contributed by atoms with Crippen molar-refractivity contribution in [3.63, 3.8) is 0 Å². The molecular weight excluding hydrogens is 318 g/mol. The molecule has 0 aromatic heterocycles. The van der Waals surface area contributed by atoms with Crippen LogP contribution in [0.4, 0.5) is 10.5 Å². The maximum absolute atomic E-state index is 12.4. The van der Waals surface area contributed by atoms with E-state index in [0.29, 0.717) is 11.4 Å². The van der Waals surface area contributed by atoms with E-state index in [1.807, 2.05) is 18.9 Å². The number of rotatable bonds is 6. The monoisotopic (exact) mass is 347 g/mol. The third-order valence-corrected chi connectivity index (χ3v) is 4.40. The molecule has 0 saturated carbocycles. The molecule has 1 aliphatic rings. The molecule has 0 atom stereocenters. The van der Waals surface area contributed by atoms with Gasteiger partial charge in [-0.2, -0.15) is 0 Å². The van der Waals surface area contributed by atoms with Crippen LogP contribution < -0.4 is 15.5 Å². The van der Waals surface area contributed by atoms with Crippen molar-refractivity contribution in [3.05, 3.63) is 24.3 Å². The van der Waals surface area contributed by atoms with Crippen molar-refractivity contribution in [2.75, 3.05) is 18.4 Å². The van der Waals surface area contributed by atoms with E-state index in [9.17, 15) is 9.59 Å². The Morgan fingerprint density at radius 2 is 1.92 bits per heavy atom. The molecule has 6 nitrogen and oxygen atoms in total. The number of nitrogens with zero attached hydrogens (tertiary/aromatic N) is 1. The van der Waals surface area contributed by atoms with E-state index in [-0.39, 0.29) is 5.91 Å². The van der Waals surface area contributed by atoms with E-state index in [4.69, 9.17) is 4.74 Å². The summed E-state index contributed by atoms with van der Waals surface area (Å²) >= 11 is 0. The van der Waals surface area contributed by atoms with Crippen LogP contribution in [0.5, 0.6) is 5.75 Å². The molecule has 6 heteroatoms. The molecule has 2 amide bonds. The van der Waals surface area contributed by atoms with Crippen molar-refractivity contribution in [3.8, 4) is 5.75 Å². The van der Waals surface area contributed by atoms with Crippen LogP contribution in [0.1, 0.15) is 52.9 Å². The van der Waals surface area contributed by atoms with Crippen molar-refractivity contribution in [2.45, 2.75) is 52.9 Å². The number of benzene rings is 1. The number of anilines is 1. The molecule has 0 unspecified atom stereocenters. The van der Waals surface area contributed by atoms with Crippen LogP contribution in [0.25, 0.3) is 0 Å². The Morgan fingerprint density at radius 1 is 1.20 bits per heavy atom. The maximum Gasteiger partial charge on any atom is 0.427 e. The SMILES string of the molecule is CCCC(C)(C)C(=O)Nc1cccc(OC(=O)NN2CCCCC2)c1. The van der Waals surface area contributed by atoms with E-state index >= 15 is 0 Å². The largest absolute Gasteiger partial charge is 0.427 e. The molecule has 0 bridgehead atoms. The molecule has 1 heterocycles. The molecule has 2 rings (SSSR count). The fourth-order valence-corrected chi connectivity index (χ4v) is 2.94. The fraction of sp³-hybridized carbons (Fsp3) is 0.579. The van der Waals surface area contributed by atoms with Crippen LogP contribution in [-0.4, -0.2) is 30.1 Å². The number of carbonyl (C=O) groups excluding carboxylic acids is 2. The molecule has 1 aromatic rings. The Kier molecular flexibility index (Phi) is 6.82. The lowest BCUT2D eigenvalue weighted by atomic mass is 9.87. The third kappa shape index (κ3) is 6.05. The zero-order valence-electron chi connectivity index (χ0n) is 15.4. The van der Waals surface area contributed by atoms with Crippen LogP contribution >= 0.6 is 0 Å². The highest BCUT2D eigenvalue weighted by Gasteiger charge is 2.26. The molecule has 0 aliphatic carbocycles. The highest BCUT2D eigenvalue weighted by Crippen LogP contribution is 2.25. The van der Waals surface area contributed by atoms with Crippen LogP contribution in [0.15, 0.2) is 24.3 Å². The van der Waals surface area contributed by atoms with Crippen molar-refractivity contribution in [1.82, 2.24) is 10.4 Å². The first-order valence-electron chi connectivity index (χ1n) is 9.05. The molecule has 138 valence electrons. The quantitative estimate of drug-likeness (QED) is 0.818. The predicted molar refractivity (Wildman–Crippen MR) is 98.3 cm³/mol. The normalized spacial score (nSPS) is 15.5. The third-order valence-electron chi connectivity index (χ3n) is 4.40. The second kappa shape index (κ2) is 8.85. The van der Waals surface area contributed by atoms with Crippen molar-refractivity contribution in [2.24, 2.45) is 5.41 Å². The van der Waals surface area contributed by atoms with E-state index < -0.39 is 11.5 Å². The number of amides is 2. The lowest BCUT2D eigenvalue weighted by Gasteiger charge is -2.26. The molecule has 0 radical (unpaired) electrons. The lowest BCUT2D eigenvalue weighted by molar-refractivity contribution is -0.124. The lowest BCUT2D eigenvalue weighted by Crippen LogP contribution is -2.46. The highest BCUT2D eigenvalue weighted by atomic mass is 16.6. The summed E-state index contributed by atoms with van der Waals surface area (Å²) in [6, 6.07) is 6.90. The van der Waals surface area contributed by atoms with Crippen LogP contribution in [0.2, 0.25) is 0 Å². The number of hydrogen-bond donors (Lipinski definition) is 2.